The Balaban J connectivity index is 1.87. The van der Waals surface area contributed by atoms with Gasteiger partial charge in [0.25, 0.3) is 0 Å². The molecule has 7 heteroatoms. The third-order valence-corrected chi connectivity index (χ3v) is 4.11. The van der Waals surface area contributed by atoms with Crippen LogP contribution in [0.3, 0.4) is 0 Å². The molecule has 0 radical (unpaired) electrons. The van der Waals surface area contributed by atoms with Gasteiger partial charge in [-0.2, -0.15) is 9.97 Å². The normalized spacial score (nSPS) is 13.2. The Morgan fingerprint density at radius 3 is 2.78 bits per heavy atom. The summed E-state index contributed by atoms with van der Waals surface area (Å²) in [6.45, 7) is 1.74. The smallest absolute Gasteiger partial charge is 0.234 e. The molecule has 0 spiro atoms. The molecule has 0 fully saturated rings. The molecule has 3 rings (SSSR count). The van der Waals surface area contributed by atoms with Crippen molar-refractivity contribution in [1.29, 1.82) is 0 Å². The Kier molecular flexibility index (Phi) is 4.57. The van der Waals surface area contributed by atoms with Crippen LogP contribution in [0.25, 0.3) is 0 Å². The van der Waals surface area contributed by atoms with Crippen LogP contribution in [-0.2, 0) is 13.0 Å². The van der Waals surface area contributed by atoms with Gasteiger partial charge in [0.1, 0.15) is 5.82 Å². The summed E-state index contributed by atoms with van der Waals surface area (Å²) in [7, 11) is 3.34. The Morgan fingerprint density at radius 1 is 1.26 bits per heavy atom. The largest absolute Gasteiger partial charge is 0.481 e. The van der Waals surface area contributed by atoms with E-state index >= 15 is 0 Å². The van der Waals surface area contributed by atoms with Gasteiger partial charge in [-0.1, -0.05) is 24.3 Å². The molecule has 1 aliphatic rings. The van der Waals surface area contributed by atoms with Crippen molar-refractivity contribution >= 4 is 29.1 Å². The van der Waals surface area contributed by atoms with Crippen LogP contribution in [0.1, 0.15) is 11.1 Å². The lowest BCUT2D eigenvalue weighted by Gasteiger charge is -2.30. The van der Waals surface area contributed by atoms with Crippen LogP contribution < -0.4 is 20.3 Å². The van der Waals surface area contributed by atoms with Gasteiger partial charge in [0.15, 0.2) is 5.11 Å². The second-order valence-electron chi connectivity index (χ2n) is 5.24. The van der Waals surface area contributed by atoms with E-state index in [1.807, 2.05) is 6.07 Å². The number of nitrogens with one attached hydrogen (secondary N) is 2. The number of anilines is 2. The van der Waals surface area contributed by atoms with Crippen molar-refractivity contribution in [3.05, 3.63) is 41.5 Å². The van der Waals surface area contributed by atoms with Crippen molar-refractivity contribution in [2.45, 2.75) is 13.0 Å². The fraction of sp³-hybridized carbons (Fsp3) is 0.312. The lowest BCUT2D eigenvalue weighted by Crippen LogP contribution is -2.31. The first-order valence-corrected chi connectivity index (χ1v) is 7.84. The van der Waals surface area contributed by atoms with Gasteiger partial charge < -0.3 is 20.3 Å². The molecule has 0 saturated carbocycles. The number of benzene rings is 1. The van der Waals surface area contributed by atoms with E-state index in [-0.39, 0.29) is 0 Å². The Hall–Kier alpha value is -2.41. The van der Waals surface area contributed by atoms with E-state index in [1.165, 1.54) is 11.1 Å². The van der Waals surface area contributed by atoms with Gasteiger partial charge in [0.2, 0.25) is 11.8 Å². The second kappa shape index (κ2) is 6.78. The standard InChI is InChI=1S/C16H19N5OS/c1-17-16(23)20-15-18-13(9-14(19-15)22-2)21-8-7-11-5-3-4-6-12(11)10-21/h3-6,9H,7-8,10H2,1-2H3,(H2,17,18,19,20,23). The Bertz CT molecular complexity index is 721. The molecule has 2 N–H and O–H groups in total. The number of aromatic nitrogens is 2. The van der Waals surface area contributed by atoms with Crippen molar-refractivity contribution in [3.8, 4) is 5.88 Å². The minimum absolute atomic E-state index is 0.428. The van der Waals surface area contributed by atoms with Crippen LogP contribution in [0.4, 0.5) is 11.8 Å². The first kappa shape index (κ1) is 15.5. The van der Waals surface area contributed by atoms with Crippen LogP contribution in [0.2, 0.25) is 0 Å². The molecule has 1 aliphatic heterocycles. The Labute approximate surface area is 140 Å². The first-order valence-electron chi connectivity index (χ1n) is 7.43. The van der Waals surface area contributed by atoms with E-state index in [0.717, 1.165) is 25.3 Å². The number of hydrogen-bond acceptors (Lipinski definition) is 5. The summed E-state index contributed by atoms with van der Waals surface area (Å²) in [6, 6.07) is 10.4. The lowest BCUT2D eigenvalue weighted by molar-refractivity contribution is 0.397. The van der Waals surface area contributed by atoms with E-state index in [2.05, 4.69) is 49.8 Å². The highest BCUT2D eigenvalue weighted by Crippen LogP contribution is 2.26. The highest BCUT2D eigenvalue weighted by atomic mass is 32.1. The van der Waals surface area contributed by atoms with Gasteiger partial charge in [-0.3, -0.25) is 0 Å². The average Bonchev–Trinajstić information content (AvgIpc) is 2.60. The summed E-state index contributed by atoms with van der Waals surface area (Å²) in [6.07, 6.45) is 1.00. The number of nitrogens with zero attached hydrogens (tertiary/aromatic N) is 3. The molecule has 0 saturated heterocycles. The van der Waals surface area contributed by atoms with Crippen LogP contribution in [0.5, 0.6) is 5.88 Å². The zero-order chi connectivity index (χ0) is 16.2. The van der Waals surface area contributed by atoms with Crippen LogP contribution in [0.15, 0.2) is 30.3 Å². The highest BCUT2D eigenvalue weighted by Gasteiger charge is 2.19. The second-order valence-corrected chi connectivity index (χ2v) is 5.64. The maximum atomic E-state index is 5.29. The number of hydrogen-bond donors (Lipinski definition) is 2. The van der Waals surface area contributed by atoms with Crippen molar-refractivity contribution < 1.29 is 4.74 Å². The van der Waals surface area contributed by atoms with E-state index in [0.29, 0.717) is 16.9 Å². The monoisotopic (exact) mass is 329 g/mol. The highest BCUT2D eigenvalue weighted by molar-refractivity contribution is 7.80. The number of rotatable bonds is 3. The molecule has 1 aromatic carbocycles. The summed E-state index contributed by atoms with van der Waals surface area (Å²) in [4.78, 5) is 11.1. The molecular formula is C16H19N5OS. The summed E-state index contributed by atoms with van der Waals surface area (Å²) in [5.74, 6) is 1.76. The van der Waals surface area contributed by atoms with Crippen molar-refractivity contribution in [1.82, 2.24) is 15.3 Å². The molecule has 0 aliphatic carbocycles. The molecule has 0 amide bonds. The van der Waals surface area contributed by atoms with Crippen LogP contribution in [0, 0.1) is 0 Å². The average molecular weight is 329 g/mol. The van der Waals surface area contributed by atoms with E-state index in [9.17, 15) is 0 Å². The molecule has 0 unspecified atom stereocenters. The number of thiocarbonyl (C=S) groups is 1. The first-order chi connectivity index (χ1) is 11.2. The minimum Gasteiger partial charge on any atom is -0.481 e. The van der Waals surface area contributed by atoms with Crippen molar-refractivity contribution in [3.63, 3.8) is 0 Å². The maximum absolute atomic E-state index is 5.29. The van der Waals surface area contributed by atoms with Gasteiger partial charge in [-0.25, -0.2) is 0 Å². The third kappa shape index (κ3) is 3.50. The predicted octanol–water partition coefficient (Wildman–Crippen LogP) is 1.96. The van der Waals surface area contributed by atoms with Gasteiger partial charge >= 0.3 is 0 Å². The molecule has 6 nitrogen and oxygen atoms in total. The molecule has 120 valence electrons. The SMILES string of the molecule is CNC(=S)Nc1nc(OC)cc(N2CCc3ccccc3C2)n1. The van der Waals surface area contributed by atoms with Gasteiger partial charge in [0, 0.05) is 26.2 Å². The van der Waals surface area contributed by atoms with Gasteiger partial charge in [-0.05, 0) is 29.8 Å². The Morgan fingerprint density at radius 2 is 2.04 bits per heavy atom. The molecule has 2 heterocycles. The maximum Gasteiger partial charge on any atom is 0.234 e. The zero-order valence-electron chi connectivity index (χ0n) is 13.2. The molecular weight excluding hydrogens is 310 g/mol. The predicted molar refractivity (Wildman–Crippen MR) is 95.1 cm³/mol. The van der Waals surface area contributed by atoms with Crippen LogP contribution in [-0.4, -0.2) is 35.8 Å². The quantitative estimate of drug-likeness (QED) is 0.835. The third-order valence-electron chi connectivity index (χ3n) is 3.81. The number of fused-ring (bicyclic) bond motifs is 1. The number of methoxy groups -OCH3 is 1. The van der Waals surface area contributed by atoms with E-state index in [4.69, 9.17) is 17.0 Å². The van der Waals surface area contributed by atoms with Crippen LogP contribution >= 0.6 is 12.2 Å². The topological polar surface area (TPSA) is 62.3 Å². The molecule has 0 bridgehead atoms. The lowest BCUT2D eigenvalue weighted by atomic mass is 10.00. The summed E-state index contributed by atoms with van der Waals surface area (Å²) in [5, 5.41) is 6.27. The van der Waals surface area contributed by atoms with Gasteiger partial charge in [-0.15, -0.1) is 0 Å². The molecule has 0 atom stereocenters. The fourth-order valence-corrected chi connectivity index (χ4v) is 2.68. The summed E-state index contributed by atoms with van der Waals surface area (Å²) >= 11 is 5.11. The minimum atomic E-state index is 0.428. The zero-order valence-corrected chi connectivity index (χ0v) is 14.0. The number of ether oxygens (including phenoxy) is 1. The van der Waals surface area contributed by atoms with E-state index < -0.39 is 0 Å². The molecule has 1 aromatic heterocycles. The molecule has 2 aromatic rings. The van der Waals surface area contributed by atoms with Crippen molar-refractivity contribution in [2.75, 3.05) is 30.9 Å². The summed E-state index contributed by atoms with van der Waals surface area (Å²) in [5.41, 5.74) is 2.73. The van der Waals surface area contributed by atoms with E-state index in [1.54, 1.807) is 14.2 Å². The van der Waals surface area contributed by atoms with Crippen molar-refractivity contribution in [2.24, 2.45) is 0 Å². The molecule has 23 heavy (non-hydrogen) atoms. The summed E-state index contributed by atoms with van der Waals surface area (Å²) < 4.78 is 5.29. The van der Waals surface area contributed by atoms with Gasteiger partial charge in [0.05, 0.1) is 7.11 Å². The fourth-order valence-electron chi connectivity index (χ4n) is 2.59.